The van der Waals surface area contributed by atoms with Gasteiger partial charge < -0.3 is 15.0 Å². The molecule has 0 saturated carbocycles. The number of nitrogens with one attached hydrogen (secondary N) is 1. The Morgan fingerprint density at radius 1 is 1.10 bits per heavy atom. The Morgan fingerprint density at radius 3 is 2.26 bits per heavy atom. The molecule has 174 valence electrons. The number of hydrogen-bond donors (Lipinski definition) is 1. The molecule has 0 amide bonds. The van der Waals surface area contributed by atoms with Gasteiger partial charge in [0.1, 0.15) is 0 Å². The van der Waals surface area contributed by atoms with Crippen LogP contribution in [-0.4, -0.2) is 69.9 Å². The Labute approximate surface area is 202 Å². The number of hydrogen-bond acceptors (Lipinski definition) is 5. The van der Waals surface area contributed by atoms with Gasteiger partial charge in [-0.2, -0.15) is 4.31 Å². The van der Waals surface area contributed by atoms with E-state index in [-0.39, 0.29) is 35.9 Å². The van der Waals surface area contributed by atoms with E-state index in [2.05, 4.69) is 15.2 Å². The summed E-state index contributed by atoms with van der Waals surface area (Å²) >= 11 is 0. The molecule has 31 heavy (non-hydrogen) atoms. The van der Waals surface area contributed by atoms with E-state index in [0.717, 1.165) is 56.7 Å². The molecule has 2 aliphatic rings. The fraction of sp³-hybridized carbons (Fsp3) is 0.619. The summed E-state index contributed by atoms with van der Waals surface area (Å²) in [6.07, 6.45) is 4.44. The van der Waals surface area contributed by atoms with Crippen LogP contribution in [0.25, 0.3) is 0 Å². The number of sulfonamides is 1. The van der Waals surface area contributed by atoms with Gasteiger partial charge in [-0.25, -0.2) is 8.42 Å². The number of guanidine groups is 1. The number of piperidine rings is 2. The second-order valence-corrected chi connectivity index (χ2v) is 9.73. The van der Waals surface area contributed by atoms with Crippen molar-refractivity contribution in [1.82, 2.24) is 14.5 Å². The smallest absolute Gasteiger partial charge is 0.308 e. The minimum Gasteiger partial charge on any atom is -0.469 e. The molecular weight excluding hydrogens is 531 g/mol. The number of esters is 1. The molecule has 3 rings (SSSR count). The van der Waals surface area contributed by atoms with Crippen molar-refractivity contribution >= 4 is 45.9 Å². The quantitative estimate of drug-likeness (QED) is 0.256. The van der Waals surface area contributed by atoms with Gasteiger partial charge in [0.15, 0.2) is 5.96 Å². The molecule has 1 aromatic rings. The second-order valence-electron chi connectivity index (χ2n) is 7.79. The molecule has 0 atom stereocenters. The van der Waals surface area contributed by atoms with E-state index in [1.807, 2.05) is 12.1 Å². The topological polar surface area (TPSA) is 91.3 Å². The molecule has 0 bridgehead atoms. The van der Waals surface area contributed by atoms with Gasteiger partial charge >= 0.3 is 5.97 Å². The number of benzene rings is 1. The van der Waals surface area contributed by atoms with Crippen LogP contribution in [0.1, 0.15) is 37.7 Å². The van der Waals surface area contributed by atoms with Gasteiger partial charge in [0.25, 0.3) is 0 Å². The number of aliphatic imine (C=N–C) groups is 1. The fourth-order valence-corrected chi connectivity index (χ4v) is 5.56. The van der Waals surface area contributed by atoms with Gasteiger partial charge in [-0.1, -0.05) is 18.6 Å². The number of nitrogens with zero attached hydrogens (tertiary/aromatic N) is 3. The zero-order valence-electron chi connectivity index (χ0n) is 18.2. The molecule has 0 aromatic heterocycles. The Balaban J connectivity index is 0.00000341. The Kier molecular flexibility index (Phi) is 10.0. The predicted octanol–water partition coefficient (Wildman–Crippen LogP) is 2.44. The molecule has 2 saturated heterocycles. The second kappa shape index (κ2) is 12.0. The highest BCUT2D eigenvalue weighted by molar-refractivity contribution is 14.0. The van der Waals surface area contributed by atoms with Crippen LogP contribution in [0.2, 0.25) is 0 Å². The van der Waals surface area contributed by atoms with Gasteiger partial charge in [-0.15, -0.1) is 24.0 Å². The first-order valence-electron chi connectivity index (χ1n) is 10.6. The van der Waals surface area contributed by atoms with Gasteiger partial charge in [-0.3, -0.25) is 9.79 Å². The molecule has 1 aromatic carbocycles. The largest absolute Gasteiger partial charge is 0.469 e. The lowest BCUT2D eigenvalue weighted by Crippen LogP contribution is -2.46. The third-order valence-electron chi connectivity index (χ3n) is 5.87. The number of ether oxygens (including phenoxy) is 1. The third kappa shape index (κ3) is 6.55. The standard InChI is InChI=1S/C21H32N4O4S.HI/c1-22-21(24-14-10-18(11-15-24)20(26)29-2)23-16-17-6-8-19(9-7-17)30(27,28)25-12-4-3-5-13-25;/h6-9,18H,3-5,10-16H2,1-2H3,(H,22,23);1H. The number of methoxy groups -OCH3 is 1. The summed E-state index contributed by atoms with van der Waals surface area (Å²) < 4.78 is 32.0. The maximum Gasteiger partial charge on any atom is 0.308 e. The number of carbonyl (C=O) groups is 1. The monoisotopic (exact) mass is 564 g/mol. The summed E-state index contributed by atoms with van der Waals surface area (Å²) in [6.45, 7) is 3.25. The summed E-state index contributed by atoms with van der Waals surface area (Å²) in [4.78, 5) is 18.5. The molecule has 8 nitrogen and oxygen atoms in total. The average molecular weight is 564 g/mol. The van der Waals surface area contributed by atoms with Crippen LogP contribution in [0.4, 0.5) is 0 Å². The molecule has 2 heterocycles. The van der Waals surface area contributed by atoms with Crippen LogP contribution in [0.3, 0.4) is 0 Å². The van der Waals surface area contributed by atoms with Crippen molar-refractivity contribution in [2.45, 2.75) is 43.5 Å². The Bertz CT molecular complexity index is 847. The van der Waals surface area contributed by atoms with Crippen molar-refractivity contribution in [2.24, 2.45) is 10.9 Å². The van der Waals surface area contributed by atoms with Crippen molar-refractivity contribution in [3.05, 3.63) is 29.8 Å². The first kappa shape index (κ1) is 25.9. The summed E-state index contributed by atoms with van der Waals surface area (Å²) in [5.74, 6) is 0.597. The lowest BCUT2D eigenvalue weighted by Gasteiger charge is -2.33. The Hall–Kier alpha value is -1.40. The summed E-state index contributed by atoms with van der Waals surface area (Å²) in [6, 6.07) is 7.07. The predicted molar refractivity (Wildman–Crippen MR) is 131 cm³/mol. The zero-order chi connectivity index (χ0) is 21.6. The molecule has 0 spiro atoms. The lowest BCUT2D eigenvalue weighted by molar-refractivity contribution is -0.146. The van der Waals surface area contributed by atoms with Gasteiger partial charge in [0.2, 0.25) is 10.0 Å². The van der Waals surface area contributed by atoms with E-state index in [1.165, 1.54) is 7.11 Å². The number of likely N-dealkylation sites (tertiary alicyclic amines) is 1. The maximum atomic E-state index is 12.8. The van der Waals surface area contributed by atoms with Crippen molar-refractivity contribution in [3.63, 3.8) is 0 Å². The highest BCUT2D eigenvalue weighted by Crippen LogP contribution is 2.21. The molecule has 1 N–H and O–H groups in total. The third-order valence-corrected chi connectivity index (χ3v) is 7.78. The van der Waals surface area contributed by atoms with Crippen LogP contribution >= 0.6 is 24.0 Å². The van der Waals surface area contributed by atoms with Crippen LogP contribution in [0.5, 0.6) is 0 Å². The number of carbonyl (C=O) groups excluding carboxylic acids is 1. The molecule has 10 heteroatoms. The SMILES string of the molecule is CN=C(NCc1ccc(S(=O)(=O)N2CCCCC2)cc1)N1CCC(C(=O)OC)CC1.I. The molecule has 0 aliphatic carbocycles. The normalized spacial score (nSPS) is 18.9. The zero-order valence-corrected chi connectivity index (χ0v) is 21.4. The maximum absolute atomic E-state index is 12.8. The molecular formula is C21H33IN4O4S. The number of halogens is 1. The van der Waals surface area contributed by atoms with Gasteiger partial charge in [-0.05, 0) is 43.4 Å². The Morgan fingerprint density at radius 2 is 1.71 bits per heavy atom. The van der Waals surface area contributed by atoms with E-state index >= 15 is 0 Å². The fourth-order valence-electron chi connectivity index (χ4n) is 4.04. The van der Waals surface area contributed by atoms with Crippen molar-refractivity contribution in [3.8, 4) is 0 Å². The van der Waals surface area contributed by atoms with E-state index in [9.17, 15) is 13.2 Å². The molecule has 2 aliphatic heterocycles. The number of rotatable bonds is 5. The van der Waals surface area contributed by atoms with Crippen LogP contribution in [0, 0.1) is 5.92 Å². The lowest BCUT2D eigenvalue weighted by atomic mass is 9.97. The average Bonchev–Trinajstić information content (AvgIpc) is 2.80. The minimum absolute atomic E-state index is 0. The molecule has 0 unspecified atom stereocenters. The van der Waals surface area contributed by atoms with E-state index in [4.69, 9.17) is 4.74 Å². The molecule has 2 fully saturated rings. The van der Waals surface area contributed by atoms with Gasteiger partial charge in [0, 0.05) is 39.8 Å². The van der Waals surface area contributed by atoms with E-state index in [1.54, 1.807) is 23.5 Å². The summed E-state index contributed by atoms with van der Waals surface area (Å²) in [7, 11) is -0.235. The van der Waals surface area contributed by atoms with Crippen molar-refractivity contribution < 1.29 is 17.9 Å². The highest BCUT2D eigenvalue weighted by atomic mass is 127. The van der Waals surface area contributed by atoms with Gasteiger partial charge in [0.05, 0.1) is 17.9 Å². The van der Waals surface area contributed by atoms with Crippen LogP contribution < -0.4 is 5.32 Å². The minimum atomic E-state index is -3.40. The summed E-state index contributed by atoms with van der Waals surface area (Å²) in [5.41, 5.74) is 0.984. The van der Waals surface area contributed by atoms with Crippen molar-refractivity contribution in [2.75, 3.05) is 40.3 Å². The van der Waals surface area contributed by atoms with Crippen LogP contribution in [0.15, 0.2) is 34.2 Å². The van der Waals surface area contributed by atoms with Crippen LogP contribution in [-0.2, 0) is 26.1 Å². The molecule has 0 radical (unpaired) electrons. The first-order chi connectivity index (χ1) is 14.5. The van der Waals surface area contributed by atoms with Crippen molar-refractivity contribution in [1.29, 1.82) is 0 Å². The first-order valence-corrected chi connectivity index (χ1v) is 12.0. The highest BCUT2D eigenvalue weighted by Gasteiger charge is 2.27. The summed E-state index contributed by atoms with van der Waals surface area (Å²) in [5, 5.41) is 3.33. The van der Waals surface area contributed by atoms with E-state index in [0.29, 0.717) is 24.5 Å². The van der Waals surface area contributed by atoms with E-state index < -0.39 is 10.0 Å².